The average molecular weight is 395 g/mol. The Labute approximate surface area is 167 Å². The standard InChI is InChI=1S/C23H32ClFO2/c24-21-15-20(12-13-22(21)25)19-10-7-18(8-11-19)6-3-16-1-4-17(5-2-16)9-14-23-26-27-23/h12-13,15-19,23H,1-11,14H2. The van der Waals surface area contributed by atoms with Gasteiger partial charge in [0.25, 0.3) is 0 Å². The second kappa shape index (κ2) is 9.24. The number of rotatable bonds is 7. The molecule has 1 aromatic carbocycles. The van der Waals surface area contributed by atoms with E-state index in [0.717, 1.165) is 24.2 Å². The first-order chi connectivity index (χ1) is 13.2. The molecule has 0 amide bonds. The van der Waals surface area contributed by atoms with Crippen LogP contribution in [0.2, 0.25) is 5.02 Å². The van der Waals surface area contributed by atoms with Gasteiger partial charge in [-0.3, -0.25) is 0 Å². The number of hydrogen-bond donors (Lipinski definition) is 0. The SMILES string of the molecule is Fc1ccc(C2CCC(CCC3CCC(CCC4OO4)CC3)CC2)cc1Cl. The van der Waals surface area contributed by atoms with Crippen molar-refractivity contribution in [3.63, 3.8) is 0 Å². The van der Waals surface area contributed by atoms with Gasteiger partial charge in [0.1, 0.15) is 5.82 Å². The van der Waals surface area contributed by atoms with Gasteiger partial charge in [0.15, 0.2) is 0 Å². The number of benzene rings is 1. The molecular weight excluding hydrogens is 363 g/mol. The highest BCUT2D eigenvalue weighted by atomic mass is 35.5. The van der Waals surface area contributed by atoms with E-state index in [9.17, 15) is 4.39 Å². The molecule has 2 nitrogen and oxygen atoms in total. The maximum absolute atomic E-state index is 13.4. The van der Waals surface area contributed by atoms with Crippen LogP contribution in [0, 0.1) is 23.6 Å². The molecule has 1 aromatic rings. The Hall–Kier alpha value is -0.640. The highest BCUT2D eigenvalue weighted by molar-refractivity contribution is 6.30. The predicted octanol–water partition coefficient (Wildman–Crippen LogP) is 7.41. The summed E-state index contributed by atoms with van der Waals surface area (Å²) in [6.45, 7) is 0. The van der Waals surface area contributed by atoms with Gasteiger partial charge in [0, 0.05) is 6.42 Å². The summed E-state index contributed by atoms with van der Waals surface area (Å²) in [7, 11) is 0. The minimum Gasteiger partial charge on any atom is -0.205 e. The third kappa shape index (κ3) is 5.68. The second-order valence-electron chi connectivity index (χ2n) is 9.05. The monoisotopic (exact) mass is 394 g/mol. The lowest BCUT2D eigenvalue weighted by atomic mass is 9.74. The fourth-order valence-corrected chi connectivity index (χ4v) is 5.53. The molecule has 3 aliphatic rings. The predicted molar refractivity (Wildman–Crippen MR) is 106 cm³/mol. The molecule has 0 spiro atoms. The van der Waals surface area contributed by atoms with Crippen molar-refractivity contribution in [1.29, 1.82) is 0 Å². The molecule has 0 radical (unpaired) electrons. The van der Waals surface area contributed by atoms with Crippen molar-refractivity contribution in [1.82, 2.24) is 0 Å². The highest BCUT2D eigenvalue weighted by Gasteiger charge is 2.29. The van der Waals surface area contributed by atoms with Crippen molar-refractivity contribution in [2.45, 2.75) is 89.3 Å². The molecule has 150 valence electrons. The Bertz CT molecular complexity index is 602. The van der Waals surface area contributed by atoms with Crippen LogP contribution >= 0.6 is 11.6 Å². The molecule has 0 unspecified atom stereocenters. The molecule has 0 bridgehead atoms. The number of hydrogen-bond acceptors (Lipinski definition) is 2. The average Bonchev–Trinajstić information content (AvgIpc) is 3.53. The van der Waals surface area contributed by atoms with Gasteiger partial charge in [0.2, 0.25) is 6.29 Å². The summed E-state index contributed by atoms with van der Waals surface area (Å²) < 4.78 is 13.4. The molecule has 3 fully saturated rings. The lowest BCUT2D eigenvalue weighted by Gasteiger charge is -2.32. The zero-order valence-electron chi connectivity index (χ0n) is 16.2. The molecule has 1 saturated heterocycles. The van der Waals surface area contributed by atoms with Gasteiger partial charge < -0.3 is 0 Å². The molecule has 2 saturated carbocycles. The first-order valence-electron chi connectivity index (χ1n) is 10.9. The van der Waals surface area contributed by atoms with Crippen LogP contribution in [-0.2, 0) is 9.78 Å². The van der Waals surface area contributed by atoms with E-state index in [4.69, 9.17) is 21.4 Å². The first-order valence-corrected chi connectivity index (χ1v) is 11.3. The third-order valence-electron chi connectivity index (χ3n) is 7.25. The summed E-state index contributed by atoms with van der Waals surface area (Å²) in [6, 6.07) is 5.28. The van der Waals surface area contributed by atoms with E-state index in [-0.39, 0.29) is 17.1 Å². The van der Waals surface area contributed by atoms with Gasteiger partial charge in [-0.05, 0) is 73.5 Å². The third-order valence-corrected chi connectivity index (χ3v) is 7.54. The molecule has 0 N–H and O–H groups in total. The van der Waals surface area contributed by atoms with Gasteiger partial charge in [-0.2, -0.15) is 9.78 Å². The van der Waals surface area contributed by atoms with Crippen LogP contribution < -0.4 is 0 Å². The maximum Gasteiger partial charge on any atom is 0.224 e. The Morgan fingerprint density at radius 2 is 1.30 bits per heavy atom. The van der Waals surface area contributed by atoms with Crippen molar-refractivity contribution >= 4 is 11.6 Å². The summed E-state index contributed by atoms with van der Waals surface area (Å²) >= 11 is 5.96. The van der Waals surface area contributed by atoms with Crippen LogP contribution in [0.15, 0.2) is 18.2 Å². The van der Waals surface area contributed by atoms with Crippen LogP contribution in [0.25, 0.3) is 0 Å². The number of halogens is 2. The lowest BCUT2D eigenvalue weighted by molar-refractivity contribution is 0.0850. The molecule has 27 heavy (non-hydrogen) atoms. The lowest BCUT2D eigenvalue weighted by Crippen LogP contribution is -2.18. The smallest absolute Gasteiger partial charge is 0.205 e. The fourth-order valence-electron chi connectivity index (χ4n) is 5.34. The largest absolute Gasteiger partial charge is 0.224 e. The molecule has 0 atom stereocenters. The Kier molecular flexibility index (Phi) is 6.73. The first kappa shape index (κ1) is 19.7. The van der Waals surface area contributed by atoms with E-state index in [2.05, 4.69) is 0 Å². The van der Waals surface area contributed by atoms with Crippen LogP contribution in [-0.4, -0.2) is 6.29 Å². The van der Waals surface area contributed by atoms with Crippen molar-refractivity contribution in [2.24, 2.45) is 17.8 Å². The van der Waals surface area contributed by atoms with Gasteiger partial charge in [-0.1, -0.05) is 56.2 Å². The van der Waals surface area contributed by atoms with E-state index >= 15 is 0 Å². The molecule has 1 aliphatic heterocycles. The molecule has 1 heterocycles. The van der Waals surface area contributed by atoms with Crippen LogP contribution in [0.5, 0.6) is 0 Å². The minimum absolute atomic E-state index is 0.115. The zero-order valence-corrected chi connectivity index (χ0v) is 16.9. The summed E-state index contributed by atoms with van der Waals surface area (Å²) in [5, 5.41) is 0.266. The Balaban J connectivity index is 1.13. The summed E-state index contributed by atoms with van der Waals surface area (Å²) in [4.78, 5) is 9.70. The molecule has 0 aromatic heterocycles. The minimum atomic E-state index is -0.307. The van der Waals surface area contributed by atoms with E-state index in [1.165, 1.54) is 82.3 Å². The van der Waals surface area contributed by atoms with Crippen LogP contribution in [0.1, 0.15) is 88.5 Å². The van der Waals surface area contributed by atoms with Crippen molar-refractivity contribution in [2.75, 3.05) is 0 Å². The van der Waals surface area contributed by atoms with Crippen LogP contribution in [0.3, 0.4) is 0 Å². The molecule has 4 heteroatoms. The normalized spacial score (nSPS) is 31.8. The van der Waals surface area contributed by atoms with Crippen LogP contribution in [0.4, 0.5) is 4.39 Å². The summed E-state index contributed by atoms with van der Waals surface area (Å²) in [5.74, 6) is 2.99. The van der Waals surface area contributed by atoms with Gasteiger partial charge in [-0.25, -0.2) is 4.39 Å². The van der Waals surface area contributed by atoms with E-state index < -0.39 is 0 Å². The summed E-state index contributed by atoms with van der Waals surface area (Å²) in [6.07, 6.45) is 16.0. The van der Waals surface area contributed by atoms with Crippen molar-refractivity contribution < 1.29 is 14.2 Å². The second-order valence-corrected chi connectivity index (χ2v) is 9.46. The van der Waals surface area contributed by atoms with E-state index in [0.29, 0.717) is 5.92 Å². The fraction of sp³-hybridized carbons (Fsp3) is 0.739. The molecule has 4 rings (SSSR count). The highest BCUT2D eigenvalue weighted by Crippen LogP contribution is 2.41. The van der Waals surface area contributed by atoms with E-state index in [1.807, 2.05) is 12.1 Å². The summed E-state index contributed by atoms with van der Waals surface area (Å²) in [5.41, 5.74) is 1.22. The topological polar surface area (TPSA) is 25.1 Å². The maximum atomic E-state index is 13.4. The van der Waals surface area contributed by atoms with Gasteiger partial charge >= 0.3 is 0 Å². The molecule has 2 aliphatic carbocycles. The van der Waals surface area contributed by atoms with Crippen molar-refractivity contribution in [3.05, 3.63) is 34.6 Å². The van der Waals surface area contributed by atoms with E-state index in [1.54, 1.807) is 0 Å². The quantitative estimate of drug-likeness (QED) is 0.355. The van der Waals surface area contributed by atoms with Crippen molar-refractivity contribution in [3.8, 4) is 0 Å². The zero-order chi connectivity index (χ0) is 18.6. The van der Waals surface area contributed by atoms with Gasteiger partial charge in [-0.15, -0.1) is 0 Å². The van der Waals surface area contributed by atoms with Gasteiger partial charge in [0.05, 0.1) is 5.02 Å². The molecular formula is C23H32ClFO2. The Morgan fingerprint density at radius 1 is 0.778 bits per heavy atom. The Morgan fingerprint density at radius 3 is 1.81 bits per heavy atom.